The largest absolute Gasteiger partial charge is 0.338 e. The summed E-state index contributed by atoms with van der Waals surface area (Å²) in [4.78, 5) is 14.3. The molecule has 1 fully saturated rings. The standard InChI is InChI=1S/C18H23N3O5S3/c1-15-6-3-4-7-16(15)21(28(2,23)24)14-17(22)19-9-11-20(12-10-19)29(25,26)18-8-5-13-27-18/h3-8,13H,9-12,14H2,1-2H3. The number of sulfonamides is 2. The van der Waals surface area contributed by atoms with E-state index in [0.717, 1.165) is 27.5 Å². The molecule has 0 atom stereocenters. The first-order valence-electron chi connectivity index (χ1n) is 8.95. The normalized spacial score (nSPS) is 16.0. The van der Waals surface area contributed by atoms with Crippen molar-refractivity contribution in [3.63, 3.8) is 0 Å². The molecule has 2 aromatic rings. The van der Waals surface area contributed by atoms with Crippen LogP contribution in [0.1, 0.15) is 5.56 Å². The summed E-state index contributed by atoms with van der Waals surface area (Å²) in [5.74, 6) is -0.355. The van der Waals surface area contributed by atoms with Gasteiger partial charge in [0.05, 0.1) is 11.9 Å². The Morgan fingerprint density at radius 3 is 2.24 bits per heavy atom. The van der Waals surface area contributed by atoms with Crippen LogP contribution >= 0.6 is 11.3 Å². The molecule has 29 heavy (non-hydrogen) atoms. The third-order valence-electron chi connectivity index (χ3n) is 4.74. The molecule has 0 aliphatic carbocycles. The Bertz CT molecular complexity index is 1070. The Labute approximate surface area is 175 Å². The molecule has 0 N–H and O–H groups in total. The number of nitrogens with zero attached hydrogens (tertiary/aromatic N) is 3. The van der Waals surface area contributed by atoms with Crippen molar-refractivity contribution < 1.29 is 21.6 Å². The Morgan fingerprint density at radius 1 is 1.03 bits per heavy atom. The molecule has 0 bridgehead atoms. The van der Waals surface area contributed by atoms with Crippen LogP contribution in [0.5, 0.6) is 0 Å². The van der Waals surface area contributed by atoms with Gasteiger partial charge >= 0.3 is 0 Å². The molecule has 3 rings (SSSR count). The summed E-state index contributed by atoms with van der Waals surface area (Å²) in [5.41, 5.74) is 1.21. The van der Waals surface area contributed by atoms with Crippen molar-refractivity contribution in [2.45, 2.75) is 11.1 Å². The zero-order valence-electron chi connectivity index (χ0n) is 16.2. The van der Waals surface area contributed by atoms with Crippen LogP contribution in [-0.2, 0) is 24.8 Å². The zero-order chi connectivity index (χ0) is 21.2. The molecule has 8 nitrogen and oxygen atoms in total. The van der Waals surface area contributed by atoms with Gasteiger partial charge in [0.1, 0.15) is 10.8 Å². The molecule has 1 saturated heterocycles. The van der Waals surface area contributed by atoms with Crippen LogP contribution in [-0.4, -0.2) is 70.9 Å². The Balaban J connectivity index is 1.69. The number of amides is 1. The van der Waals surface area contributed by atoms with Crippen molar-refractivity contribution >= 4 is 43.0 Å². The van der Waals surface area contributed by atoms with Gasteiger partial charge < -0.3 is 4.90 Å². The van der Waals surface area contributed by atoms with Gasteiger partial charge in [-0.25, -0.2) is 16.8 Å². The van der Waals surface area contributed by atoms with E-state index < -0.39 is 20.0 Å². The second-order valence-corrected chi connectivity index (χ2v) is 11.8. The molecule has 0 saturated carbocycles. The van der Waals surface area contributed by atoms with Crippen LogP contribution in [0, 0.1) is 6.92 Å². The number of carbonyl (C=O) groups excluding carboxylic acids is 1. The van der Waals surface area contributed by atoms with Crippen LogP contribution in [0.15, 0.2) is 46.0 Å². The highest BCUT2D eigenvalue weighted by atomic mass is 32.2. The van der Waals surface area contributed by atoms with E-state index in [2.05, 4.69) is 0 Å². The van der Waals surface area contributed by atoms with E-state index in [0.29, 0.717) is 5.69 Å². The monoisotopic (exact) mass is 457 g/mol. The van der Waals surface area contributed by atoms with Gasteiger partial charge in [-0.3, -0.25) is 9.10 Å². The van der Waals surface area contributed by atoms with Crippen molar-refractivity contribution in [3.8, 4) is 0 Å². The second-order valence-electron chi connectivity index (χ2n) is 6.77. The summed E-state index contributed by atoms with van der Waals surface area (Å²) < 4.78 is 52.5. The van der Waals surface area contributed by atoms with Crippen molar-refractivity contribution in [2.24, 2.45) is 0 Å². The molecule has 1 aliphatic rings. The smallest absolute Gasteiger partial charge is 0.252 e. The highest BCUT2D eigenvalue weighted by Crippen LogP contribution is 2.24. The lowest BCUT2D eigenvalue weighted by Crippen LogP contribution is -2.53. The first-order valence-corrected chi connectivity index (χ1v) is 13.1. The number of carbonyl (C=O) groups is 1. The number of rotatable bonds is 6. The fourth-order valence-electron chi connectivity index (χ4n) is 3.16. The molecule has 0 spiro atoms. The molecule has 11 heteroatoms. The van der Waals surface area contributed by atoms with Gasteiger partial charge in [-0.1, -0.05) is 24.3 Å². The quantitative estimate of drug-likeness (QED) is 0.653. The summed E-state index contributed by atoms with van der Waals surface area (Å²) in [5, 5.41) is 1.71. The molecule has 1 aromatic carbocycles. The van der Waals surface area contributed by atoms with Crippen LogP contribution in [0.25, 0.3) is 0 Å². The fourth-order valence-corrected chi connectivity index (χ4v) is 6.64. The Morgan fingerprint density at radius 2 is 1.69 bits per heavy atom. The summed E-state index contributed by atoms with van der Waals surface area (Å²) in [6.45, 7) is 2.25. The number of para-hydroxylation sites is 1. The molecule has 2 heterocycles. The van der Waals surface area contributed by atoms with E-state index in [9.17, 15) is 21.6 Å². The third kappa shape index (κ3) is 4.80. The number of aryl methyl sites for hydroxylation is 1. The van der Waals surface area contributed by atoms with Crippen LogP contribution < -0.4 is 4.31 Å². The summed E-state index contributed by atoms with van der Waals surface area (Å²) in [6.07, 6.45) is 1.07. The van der Waals surface area contributed by atoms with E-state index in [1.807, 2.05) is 0 Å². The minimum Gasteiger partial charge on any atom is -0.338 e. The van der Waals surface area contributed by atoms with Crippen LogP contribution in [0.3, 0.4) is 0 Å². The maximum Gasteiger partial charge on any atom is 0.252 e. The van der Waals surface area contributed by atoms with E-state index in [-0.39, 0.29) is 42.8 Å². The van der Waals surface area contributed by atoms with Gasteiger partial charge in [0.25, 0.3) is 10.0 Å². The highest BCUT2D eigenvalue weighted by molar-refractivity contribution is 7.92. The molecular formula is C18H23N3O5S3. The SMILES string of the molecule is Cc1ccccc1N(CC(=O)N1CCN(S(=O)(=O)c2cccs2)CC1)S(C)(=O)=O. The minimum atomic E-state index is -3.66. The highest BCUT2D eigenvalue weighted by Gasteiger charge is 2.32. The summed E-state index contributed by atoms with van der Waals surface area (Å²) >= 11 is 1.16. The van der Waals surface area contributed by atoms with Crippen molar-refractivity contribution in [1.29, 1.82) is 0 Å². The molecule has 1 aromatic heterocycles. The number of thiophene rings is 1. The average molecular weight is 458 g/mol. The van der Waals surface area contributed by atoms with Gasteiger partial charge in [0, 0.05) is 26.2 Å². The van der Waals surface area contributed by atoms with Crippen molar-refractivity contribution in [3.05, 3.63) is 47.3 Å². The second kappa shape index (κ2) is 8.42. The number of benzene rings is 1. The van der Waals surface area contributed by atoms with Gasteiger partial charge in [-0.2, -0.15) is 4.31 Å². The first-order chi connectivity index (χ1) is 13.6. The predicted molar refractivity (Wildman–Crippen MR) is 113 cm³/mol. The molecular weight excluding hydrogens is 434 g/mol. The fraction of sp³-hybridized carbons (Fsp3) is 0.389. The maximum atomic E-state index is 12.8. The molecule has 0 unspecified atom stereocenters. The molecule has 1 aliphatic heterocycles. The molecule has 1 amide bonds. The summed E-state index contributed by atoms with van der Waals surface area (Å²) in [7, 11) is -7.21. The van der Waals surface area contributed by atoms with Crippen molar-refractivity contribution in [2.75, 3.05) is 43.3 Å². The third-order valence-corrected chi connectivity index (χ3v) is 9.14. The lowest BCUT2D eigenvalue weighted by Gasteiger charge is -2.35. The number of piperazine rings is 1. The Hall–Kier alpha value is -1.95. The molecule has 0 radical (unpaired) electrons. The number of hydrogen-bond donors (Lipinski definition) is 0. The average Bonchev–Trinajstić information content (AvgIpc) is 3.21. The van der Waals surface area contributed by atoms with Crippen LogP contribution in [0.4, 0.5) is 5.69 Å². The van der Waals surface area contributed by atoms with Gasteiger partial charge in [0.15, 0.2) is 0 Å². The maximum absolute atomic E-state index is 12.8. The first kappa shape index (κ1) is 21.8. The lowest BCUT2D eigenvalue weighted by atomic mass is 10.2. The Kier molecular flexibility index (Phi) is 6.32. The zero-order valence-corrected chi connectivity index (χ0v) is 18.6. The molecule has 158 valence electrons. The van der Waals surface area contributed by atoms with Gasteiger partial charge in [-0.05, 0) is 30.0 Å². The minimum absolute atomic E-state index is 0.176. The van der Waals surface area contributed by atoms with E-state index in [4.69, 9.17) is 0 Å². The lowest BCUT2D eigenvalue weighted by molar-refractivity contribution is -0.130. The number of hydrogen-bond acceptors (Lipinski definition) is 6. The topological polar surface area (TPSA) is 95.1 Å². The predicted octanol–water partition coefficient (Wildman–Crippen LogP) is 1.36. The van der Waals surface area contributed by atoms with E-state index in [1.165, 1.54) is 9.21 Å². The number of anilines is 1. The van der Waals surface area contributed by atoms with Gasteiger partial charge in [-0.15, -0.1) is 11.3 Å². The summed E-state index contributed by atoms with van der Waals surface area (Å²) in [6, 6.07) is 10.2. The van der Waals surface area contributed by atoms with Crippen LogP contribution in [0.2, 0.25) is 0 Å². The van der Waals surface area contributed by atoms with E-state index in [1.54, 1.807) is 48.7 Å². The van der Waals surface area contributed by atoms with Crippen molar-refractivity contribution in [1.82, 2.24) is 9.21 Å². The van der Waals surface area contributed by atoms with Gasteiger partial charge in [0.2, 0.25) is 15.9 Å². The van der Waals surface area contributed by atoms with E-state index >= 15 is 0 Å².